The molecule has 158 valence electrons. The number of hydrogen-bond acceptors (Lipinski definition) is 5. The number of amides is 2. The van der Waals surface area contributed by atoms with Crippen LogP contribution in [-0.2, 0) is 16.0 Å². The standard InChI is InChI=1S/C23H22N4O3S/c1-2-30-23(29)26-19(12-16-13-24-18-11-7-6-10-17(16)18)21(28)27-22-25-20(14-31-22)15-8-4-3-5-9-15/h3-11,13-14,19,24H,2,12H2,1H3,(H,26,29)(H,25,27,28). The van der Waals surface area contributed by atoms with Gasteiger partial charge < -0.3 is 20.4 Å². The van der Waals surface area contributed by atoms with Gasteiger partial charge in [0.15, 0.2) is 5.13 Å². The highest BCUT2D eigenvalue weighted by Crippen LogP contribution is 2.25. The van der Waals surface area contributed by atoms with E-state index in [0.29, 0.717) is 11.6 Å². The number of fused-ring (bicyclic) bond motifs is 1. The Kier molecular flexibility index (Phi) is 6.28. The van der Waals surface area contributed by atoms with Gasteiger partial charge in [0.25, 0.3) is 0 Å². The molecule has 0 aliphatic rings. The first-order valence-electron chi connectivity index (χ1n) is 9.94. The summed E-state index contributed by atoms with van der Waals surface area (Å²) in [5.74, 6) is -0.354. The molecule has 31 heavy (non-hydrogen) atoms. The average Bonchev–Trinajstić information content (AvgIpc) is 3.41. The number of aromatic nitrogens is 2. The Balaban J connectivity index is 1.52. The molecule has 2 aromatic heterocycles. The molecule has 0 aliphatic carbocycles. The molecule has 2 amide bonds. The molecule has 0 saturated heterocycles. The smallest absolute Gasteiger partial charge is 0.407 e. The van der Waals surface area contributed by atoms with Crippen LogP contribution in [-0.4, -0.2) is 34.6 Å². The minimum Gasteiger partial charge on any atom is -0.450 e. The summed E-state index contributed by atoms with van der Waals surface area (Å²) in [5, 5.41) is 8.86. The molecule has 8 heteroatoms. The van der Waals surface area contributed by atoms with Crippen molar-refractivity contribution in [3.8, 4) is 11.3 Å². The van der Waals surface area contributed by atoms with Gasteiger partial charge in [-0.1, -0.05) is 48.5 Å². The summed E-state index contributed by atoms with van der Waals surface area (Å²) in [6.07, 6.45) is 1.53. The van der Waals surface area contributed by atoms with Gasteiger partial charge in [-0.05, 0) is 18.6 Å². The van der Waals surface area contributed by atoms with Crippen LogP contribution in [0.15, 0.2) is 66.2 Å². The van der Waals surface area contributed by atoms with Gasteiger partial charge in [-0.15, -0.1) is 11.3 Å². The van der Waals surface area contributed by atoms with Crippen molar-refractivity contribution in [2.75, 3.05) is 11.9 Å². The van der Waals surface area contributed by atoms with Crippen molar-refractivity contribution in [3.05, 3.63) is 71.7 Å². The molecule has 0 saturated carbocycles. The van der Waals surface area contributed by atoms with E-state index in [1.54, 1.807) is 6.92 Å². The Bertz CT molecular complexity index is 1190. The molecule has 4 rings (SSSR count). The molecule has 2 aromatic carbocycles. The van der Waals surface area contributed by atoms with Gasteiger partial charge in [-0.3, -0.25) is 4.79 Å². The molecule has 0 radical (unpaired) electrons. The van der Waals surface area contributed by atoms with Crippen LogP contribution >= 0.6 is 11.3 Å². The number of para-hydroxylation sites is 1. The first-order chi connectivity index (χ1) is 15.1. The third-order valence-electron chi connectivity index (χ3n) is 4.79. The maximum Gasteiger partial charge on any atom is 0.407 e. The zero-order valence-electron chi connectivity index (χ0n) is 16.9. The summed E-state index contributed by atoms with van der Waals surface area (Å²) in [6, 6.07) is 16.7. The van der Waals surface area contributed by atoms with Crippen LogP contribution in [0.4, 0.5) is 9.93 Å². The van der Waals surface area contributed by atoms with E-state index in [4.69, 9.17) is 4.74 Å². The second kappa shape index (κ2) is 9.44. The second-order valence-electron chi connectivity index (χ2n) is 6.87. The highest BCUT2D eigenvalue weighted by atomic mass is 32.1. The summed E-state index contributed by atoms with van der Waals surface area (Å²) >= 11 is 1.34. The summed E-state index contributed by atoms with van der Waals surface area (Å²) in [6.45, 7) is 1.94. The Labute approximate surface area is 183 Å². The molecule has 7 nitrogen and oxygen atoms in total. The van der Waals surface area contributed by atoms with Gasteiger partial charge in [0, 0.05) is 34.5 Å². The normalized spacial score (nSPS) is 11.8. The van der Waals surface area contributed by atoms with Gasteiger partial charge in [-0.25, -0.2) is 9.78 Å². The van der Waals surface area contributed by atoms with E-state index in [0.717, 1.165) is 27.7 Å². The molecule has 1 unspecified atom stereocenters. The van der Waals surface area contributed by atoms with Gasteiger partial charge in [0.1, 0.15) is 6.04 Å². The summed E-state index contributed by atoms with van der Waals surface area (Å²) < 4.78 is 4.99. The maximum atomic E-state index is 13.0. The van der Waals surface area contributed by atoms with E-state index in [-0.39, 0.29) is 12.5 Å². The van der Waals surface area contributed by atoms with Gasteiger partial charge in [-0.2, -0.15) is 0 Å². The molecule has 0 spiro atoms. The number of benzene rings is 2. The molecule has 0 fully saturated rings. The number of hydrogen-bond donors (Lipinski definition) is 3. The first kappa shape index (κ1) is 20.6. The Morgan fingerprint density at radius 3 is 2.71 bits per heavy atom. The van der Waals surface area contributed by atoms with Crippen molar-refractivity contribution in [1.29, 1.82) is 0 Å². The topological polar surface area (TPSA) is 96.1 Å². The number of nitrogens with one attached hydrogen (secondary N) is 3. The van der Waals surface area contributed by atoms with E-state index in [2.05, 4.69) is 20.6 Å². The van der Waals surface area contributed by atoms with Gasteiger partial charge in [0.2, 0.25) is 5.91 Å². The van der Waals surface area contributed by atoms with E-state index in [1.165, 1.54) is 11.3 Å². The van der Waals surface area contributed by atoms with Crippen LogP contribution < -0.4 is 10.6 Å². The predicted molar refractivity (Wildman–Crippen MR) is 122 cm³/mol. The number of H-pyrrole nitrogens is 1. The van der Waals surface area contributed by atoms with Crippen LogP contribution in [0.25, 0.3) is 22.2 Å². The lowest BCUT2D eigenvalue weighted by Gasteiger charge is -2.17. The lowest BCUT2D eigenvalue weighted by Crippen LogP contribution is -2.45. The lowest BCUT2D eigenvalue weighted by atomic mass is 10.0. The van der Waals surface area contributed by atoms with Crippen molar-refractivity contribution >= 4 is 39.4 Å². The van der Waals surface area contributed by atoms with Crippen molar-refractivity contribution in [3.63, 3.8) is 0 Å². The number of thiazole rings is 1. The number of anilines is 1. The van der Waals surface area contributed by atoms with E-state index in [9.17, 15) is 9.59 Å². The average molecular weight is 435 g/mol. The Morgan fingerprint density at radius 2 is 1.90 bits per heavy atom. The SMILES string of the molecule is CCOC(=O)NC(Cc1c[nH]c2ccccc12)C(=O)Nc1nc(-c2ccccc2)cs1. The third-order valence-corrected chi connectivity index (χ3v) is 5.54. The zero-order valence-corrected chi connectivity index (χ0v) is 17.7. The van der Waals surface area contributed by atoms with Crippen molar-refractivity contribution in [2.24, 2.45) is 0 Å². The number of carbonyl (C=O) groups is 2. The van der Waals surface area contributed by atoms with Crippen molar-refractivity contribution in [1.82, 2.24) is 15.3 Å². The monoisotopic (exact) mass is 434 g/mol. The molecule has 4 aromatic rings. The van der Waals surface area contributed by atoms with E-state index in [1.807, 2.05) is 66.2 Å². The minimum absolute atomic E-state index is 0.222. The van der Waals surface area contributed by atoms with Crippen LogP contribution in [0.3, 0.4) is 0 Å². The largest absolute Gasteiger partial charge is 0.450 e. The fraction of sp³-hybridized carbons (Fsp3) is 0.174. The van der Waals surface area contributed by atoms with Crippen molar-refractivity contribution in [2.45, 2.75) is 19.4 Å². The molecule has 3 N–H and O–H groups in total. The van der Waals surface area contributed by atoms with Gasteiger partial charge in [0.05, 0.1) is 12.3 Å². The quantitative estimate of drug-likeness (QED) is 0.396. The molecule has 2 heterocycles. The molecular formula is C23H22N4O3S. The fourth-order valence-corrected chi connectivity index (χ4v) is 4.03. The molecule has 0 bridgehead atoms. The zero-order chi connectivity index (χ0) is 21.6. The van der Waals surface area contributed by atoms with Crippen LogP contribution in [0.1, 0.15) is 12.5 Å². The number of aromatic amines is 1. The Morgan fingerprint density at radius 1 is 1.13 bits per heavy atom. The van der Waals surface area contributed by atoms with E-state index >= 15 is 0 Å². The molecule has 0 aliphatic heterocycles. The number of rotatable bonds is 7. The van der Waals surface area contributed by atoms with Crippen LogP contribution in [0, 0.1) is 0 Å². The first-order valence-corrected chi connectivity index (χ1v) is 10.8. The molecular weight excluding hydrogens is 412 g/mol. The number of ether oxygens (including phenoxy) is 1. The van der Waals surface area contributed by atoms with E-state index < -0.39 is 12.1 Å². The lowest BCUT2D eigenvalue weighted by molar-refractivity contribution is -0.118. The Hall–Kier alpha value is -3.65. The van der Waals surface area contributed by atoms with Gasteiger partial charge >= 0.3 is 6.09 Å². The summed E-state index contributed by atoms with van der Waals surface area (Å²) in [5.41, 5.74) is 3.66. The fourth-order valence-electron chi connectivity index (χ4n) is 3.31. The highest BCUT2D eigenvalue weighted by molar-refractivity contribution is 7.14. The number of nitrogens with zero attached hydrogens (tertiary/aromatic N) is 1. The van der Waals surface area contributed by atoms with Crippen LogP contribution in [0.5, 0.6) is 0 Å². The second-order valence-corrected chi connectivity index (χ2v) is 7.73. The minimum atomic E-state index is -0.817. The number of carbonyl (C=O) groups excluding carboxylic acids is 2. The summed E-state index contributed by atoms with van der Waals surface area (Å²) in [4.78, 5) is 32.8. The van der Waals surface area contributed by atoms with Crippen molar-refractivity contribution < 1.29 is 14.3 Å². The number of alkyl carbamates (subject to hydrolysis) is 1. The predicted octanol–water partition coefficient (Wildman–Crippen LogP) is 4.59. The third kappa shape index (κ3) is 4.92. The molecule has 1 atom stereocenters. The maximum absolute atomic E-state index is 13.0. The highest BCUT2D eigenvalue weighted by Gasteiger charge is 2.24. The summed E-state index contributed by atoms with van der Waals surface area (Å²) in [7, 11) is 0. The van der Waals surface area contributed by atoms with Crippen LogP contribution in [0.2, 0.25) is 0 Å².